The quantitative estimate of drug-likeness (QED) is 0.320. The Morgan fingerprint density at radius 3 is 1.62 bits per heavy atom. The highest BCUT2D eigenvalue weighted by molar-refractivity contribution is 7.80. The van der Waals surface area contributed by atoms with E-state index in [1.54, 1.807) is 0 Å². The van der Waals surface area contributed by atoms with Crippen molar-refractivity contribution < 1.29 is 29.6 Å². The molecular formula is CH7ClNO4S-. The lowest BCUT2D eigenvalue weighted by atomic mass is 11.8. The maximum atomic E-state index is 9.22. The van der Waals surface area contributed by atoms with E-state index in [2.05, 4.69) is 4.18 Å². The summed E-state index contributed by atoms with van der Waals surface area (Å²) >= 11 is 0. The first-order chi connectivity index (χ1) is 2.56. The fraction of sp³-hybridized carbons (Fsp3) is 1.00. The van der Waals surface area contributed by atoms with Crippen LogP contribution in [0, 0.1) is 0 Å². The van der Waals surface area contributed by atoms with Gasteiger partial charge in [0, 0.05) is 0 Å². The van der Waals surface area contributed by atoms with Crippen LogP contribution >= 0.6 is 0 Å². The predicted molar refractivity (Wildman–Crippen MR) is 22.7 cm³/mol. The molecule has 4 N–H and O–H groups in total. The fourth-order valence-corrected chi connectivity index (χ4v) is 0. The molecule has 0 spiro atoms. The topological polar surface area (TPSA) is 103 Å². The van der Waals surface area contributed by atoms with Gasteiger partial charge in [-0.05, 0) is 0 Å². The molecule has 0 aromatic heterocycles. The third kappa shape index (κ3) is 16.5. The van der Waals surface area contributed by atoms with E-state index in [0.29, 0.717) is 0 Å². The van der Waals surface area contributed by atoms with E-state index in [9.17, 15) is 13.0 Å². The standard InChI is InChI=1S/CH4O4S.ClH.H3N/c1-5-6(2,3)4;;/h1H3,(H,2,3,4);1H;1H3/p-1. The Morgan fingerprint density at radius 2 is 1.62 bits per heavy atom. The minimum absolute atomic E-state index is 0. The largest absolute Gasteiger partial charge is 1.00 e. The number of hydrogen-bond acceptors (Lipinski definition) is 4. The minimum atomic E-state index is -4.41. The summed E-state index contributed by atoms with van der Waals surface area (Å²) in [6.45, 7) is 0. The van der Waals surface area contributed by atoms with E-state index >= 15 is 0 Å². The number of rotatable bonds is 1. The first-order valence-electron chi connectivity index (χ1n) is 1.07. The zero-order valence-electron chi connectivity index (χ0n) is 4.42. The van der Waals surface area contributed by atoms with Gasteiger partial charge in [0.25, 0.3) is 0 Å². The molecule has 0 aliphatic rings. The van der Waals surface area contributed by atoms with Gasteiger partial charge in [-0.15, -0.1) is 0 Å². The van der Waals surface area contributed by atoms with E-state index < -0.39 is 10.4 Å². The van der Waals surface area contributed by atoms with Crippen molar-refractivity contribution in [1.82, 2.24) is 6.15 Å². The smallest absolute Gasteiger partial charge is 0.217 e. The highest BCUT2D eigenvalue weighted by Gasteiger charge is 1.79. The van der Waals surface area contributed by atoms with Crippen molar-refractivity contribution in [3.05, 3.63) is 0 Å². The third-order valence-corrected chi connectivity index (χ3v) is 0.612. The second kappa shape index (κ2) is 5.26. The average molecular weight is 165 g/mol. The molecule has 0 amide bonds. The zero-order chi connectivity index (χ0) is 5.21. The Hall–Kier alpha value is 0.120. The van der Waals surface area contributed by atoms with E-state index in [0.717, 1.165) is 7.11 Å². The summed E-state index contributed by atoms with van der Waals surface area (Å²) < 4.78 is 31.0. The van der Waals surface area contributed by atoms with Gasteiger partial charge in [0.05, 0.1) is 7.11 Å². The van der Waals surface area contributed by atoms with Crippen LogP contribution < -0.4 is 18.6 Å². The van der Waals surface area contributed by atoms with Crippen LogP contribution in [0.3, 0.4) is 0 Å². The summed E-state index contributed by atoms with van der Waals surface area (Å²) in [7, 11) is -3.60. The van der Waals surface area contributed by atoms with Crippen LogP contribution in [-0.2, 0) is 14.6 Å². The summed E-state index contributed by atoms with van der Waals surface area (Å²) in [6, 6.07) is 0. The Morgan fingerprint density at radius 1 is 1.50 bits per heavy atom. The molecule has 0 fully saturated rings. The summed E-state index contributed by atoms with van der Waals surface area (Å²) in [4.78, 5) is 0. The molecule has 0 unspecified atom stereocenters. The van der Waals surface area contributed by atoms with Gasteiger partial charge in [-0.3, -0.25) is 4.18 Å². The lowest BCUT2D eigenvalue weighted by molar-refractivity contribution is -0.00000781. The average Bonchev–Trinajstić information content (AvgIpc) is 1.35. The fourth-order valence-electron chi connectivity index (χ4n) is 0. The van der Waals surface area contributed by atoms with E-state index in [1.807, 2.05) is 0 Å². The van der Waals surface area contributed by atoms with Gasteiger partial charge in [-0.2, -0.15) is 0 Å². The Balaban J connectivity index is -0.000000125. The Kier molecular flexibility index (Phi) is 10.3. The molecule has 0 heterocycles. The van der Waals surface area contributed by atoms with Crippen molar-refractivity contribution in [2.45, 2.75) is 0 Å². The van der Waals surface area contributed by atoms with Crippen LogP contribution in [0.2, 0.25) is 0 Å². The van der Waals surface area contributed by atoms with Gasteiger partial charge >= 0.3 is 0 Å². The number of quaternary nitrogens is 1. The van der Waals surface area contributed by atoms with E-state index in [4.69, 9.17) is 0 Å². The van der Waals surface area contributed by atoms with Crippen LogP contribution in [0.15, 0.2) is 0 Å². The van der Waals surface area contributed by atoms with Crippen molar-refractivity contribution in [1.29, 1.82) is 0 Å². The molecule has 7 heteroatoms. The van der Waals surface area contributed by atoms with E-state index in [-0.39, 0.29) is 18.6 Å². The van der Waals surface area contributed by atoms with Crippen LogP contribution in [0.1, 0.15) is 0 Å². The normalized spacial score (nSPS) is 8.75. The summed E-state index contributed by atoms with van der Waals surface area (Å²) in [6.07, 6.45) is 0. The molecular weight excluding hydrogens is 158 g/mol. The van der Waals surface area contributed by atoms with Crippen molar-refractivity contribution in [3.8, 4) is 0 Å². The van der Waals surface area contributed by atoms with E-state index in [1.165, 1.54) is 0 Å². The summed E-state index contributed by atoms with van der Waals surface area (Å²) in [5, 5.41) is 0. The van der Waals surface area contributed by atoms with Crippen LogP contribution in [0.5, 0.6) is 0 Å². The van der Waals surface area contributed by atoms with Crippen molar-refractivity contribution in [2.75, 3.05) is 7.11 Å². The molecule has 0 bridgehead atoms. The van der Waals surface area contributed by atoms with Crippen molar-refractivity contribution in [3.63, 3.8) is 0 Å². The number of hydrogen-bond donors (Lipinski definition) is 1. The van der Waals surface area contributed by atoms with Crippen LogP contribution in [0.4, 0.5) is 0 Å². The molecule has 0 atom stereocenters. The van der Waals surface area contributed by atoms with Crippen molar-refractivity contribution in [2.24, 2.45) is 0 Å². The molecule has 0 aromatic rings. The summed E-state index contributed by atoms with van der Waals surface area (Å²) in [5.41, 5.74) is 0. The first-order valence-corrected chi connectivity index (χ1v) is 2.41. The molecule has 54 valence electrons. The first kappa shape index (κ1) is 15.7. The number of halogens is 1. The Bertz CT molecular complexity index is 118. The molecule has 0 rings (SSSR count). The Labute approximate surface area is 54.0 Å². The molecule has 8 heavy (non-hydrogen) atoms. The van der Waals surface area contributed by atoms with Crippen LogP contribution in [-0.4, -0.2) is 20.1 Å². The summed E-state index contributed by atoms with van der Waals surface area (Å²) in [5.74, 6) is 0. The second-order valence-corrected chi connectivity index (χ2v) is 1.72. The highest BCUT2D eigenvalue weighted by atomic mass is 35.5. The van der Waals surface area contributed by atoms with Gasteiger partial charge < -0.3 is 23.1 Å². The van der Waals surface area contributed by atoms with Gasteiger partial charge in [0.1, 0.15) is 0 Å². The van der Waals surface area contributed by atoms with Crippen LogP contribution in [0.25, 0.3) is 0 Å². The van der Waals surface area contributed by atoms with Gasteiger partial charge in [0.15, 0.2) is 0 Å². The molecule has 0 aliphatic heterocycles. The third-order valence-electron chi connectivity index (χ3n) is 0.204. The van der Waals surface area contributed by atoms with Crippen molar-refractivity contribution >= 4 is 10.4 Å². The SMILES string of the molecule is COS(=O)(=O)[O-].[Cl-].[NH4+]. The molecule has 0 aromatic carbocycles. The second-order valence-electron chi connectivity index (χ2n) is 0.575. The minimum Gasteiger partial charge on any atom is -1.00 e. The molecule has 0 radical (unpaired) electrons. The molecule has 0 saturated heterocycles. The maximum Gasteiger partial charge on any atom is 0.217 e. The molecule has 0 aliphatic carbocycles. The maximum absolute atomic E-state index is 9.22. The lowest BCUT2D eigenvalue weighted by Crippen LogP contribution is -3.00. The zero-order valence-corrected chi connectivity index (χ0v) is 5.99. The monoisotopic (exact) mass is 164 g/mol. The lowest BCUT2D eigenvalue weighted by Gasteiger charge is -1.98. The van der Waals surface area contributed by atoms with Gasteiger partial charge in [-0.1, -0.05) is 0 Å². The van der Waals surface area contributed by atoms with Gasteiger partial charge in [-0.25, -0.2) is 8.42 Å². The molecule has 0 saturated carbocycles. The highest BCUT2D eigenvalue weighted by Crippen LogP contribution is 1.74. The predicted octanol–water partition coefficient (Wildman–Crippen LogP) is -3.53. The van der Waals surface area contributed by atoms with Gasteiger partial charge in [0.2, 0.25) is 10.4 Å². The molecule has 5 nitrogen and oxygen atoms in total.